The molecule has 0 aliphatic heterocycles. The smallest absolute Gasteiger partial charge is 0.254 e. The average Bonchev–Trinajstić information content (AvgIpc) is 3.32. The fraction of sp³-hybridized carbons (Fsp3) is 0.227. The molecule has 0 radical (unpaired) electrons. The van der Waals surface area contributed by atoms with Gasteiger partial charge in [-0.15, -0.1) is 0 Å². The Morgan fingerprint density at radius 2 is 1.97 bits per heavy atom. The van der Waals surface area contributed by atoms with Gasteiger partial charge in [0.25, 0.3) is 5.91 Å². The van der Waals surface area contributed by atoms with E-state index in [1.54, 1.807) is 23.0 Å². The molecule has 7 heteroatoms. The molecule has 0 spiro atoms. The lowest BCUT2D eigenvalue weighted by molar-refractivity contribution is 0.0952. The SMILES string of the molecule is CC(C)c1c(C(=O)NCCc2cn3ccccc3n2)cnn1-c1ccc(F)cc1. The lowest BCUT2D eigenvalue weighted by atomic mass is 10.0. The third-order valence-electron chi connectivity index (χ3n) is 4.75. The summed E-state index contributed by atoms with van der Waals surface area (Å²) >= 11 is 0. The molecule has 0 saturated carbocycles. The maximum Gasteiger partial charge on any atom is 0.254 e. The number of hydrogen-bond donors (Lipinski definition) is 1. The van der Waals surface area contributed by atoms with Crippen LogP contribution in [0.25, 0.3) is 11.3 Å². The fourth-order valence-electron chi connectivity index (χ4n) is 3.38. The molecule has 0 aliphatic rings. The van der Waals surface area contributed by atoms with Gasteiger partial charge in [-0.25, -0.2) is 14.1 Å². The fourth-order valence-corrected chi connectivity index (χ4v) is 3.38. The standard InChI is InChI=1S/C22H22FN5O/c1-15(2)21-19(13-25-28(21)18-8-6-16(23)7-9-18)22(29)24-11-10-17-14-27-12-4-3-5-20(27)26-17/h3-9,12-15H,10-11H2,1-2H3,(H,24,29). The Labute approximate surface area is 168 Å². The van der Waals surface area contributed by atoms with Crippen LogP contribution in [0.3, 0.4) is 0 Å². The molecule has 3 aromatic heterocycles. The molecule has 0 unspecified atom stereocenters. The molecule has 4 rings (SSSR count). The predicted octanol–water partition coefficient (Wildman–Crippen LogP) is 3.76. The molecule has 6 nitrogen and oxygen atoms in total. The second-order valence-corrected chi connectivity index (χ2v) is 7.19. The Kier molecular flexibility index (Phi) is 5.12. The predicted molar refractivity (Wildman–Crippen MR) is 109 cm³/mol. The summed E-state index contributed by atoms with van der Waals surface area (Å²) < 4.78 is 16.9. The van der Waals surface area contributed by atoms with Gasteiger partial charge in [0.05, 0.1) is 28.8 Å². The van der Waals surface area contributed by atoms with E-state index in [0.717, 1.165) is 22.7 Å². The Hall–Kier alpha value is -3.48. The molecule has 0 atom stereocenters. The third-order valence-corrected chi connectivity index (χ3v) is 4.75. The van der Waals surface area contributed by atoms with Crippen LogP contribution < -0.4 is 5.32 Å². The van der Waals surface area contributed by atoms with E-state index in [2.05, 4.69) is 15.4 Å². The van der Waals surface area contributed by atoms with Crippen LogP contribution in [-0.2, 0) is 6.42 Å². The quantitative estimate of drug-likeness (QED) is 0.544. The molecule has 0 saturated heterocycles. The molecular formula is C22H22FN5O. The highest BCUT2D eigenvalue weighted by molar-refractivity contribution is 5.95. The van der Waals surface area contributed by atoms with Crippen LogP contribution in [0, 0.1) is 5.82 Å². The van der Waals surface area contributed by atoms with Crippen LogP contribution in [0.5, 0.6) is 0 Å². The highest BCUT2D eigenvalue weighted by atomic mass is 19.1. The van der Waals surface area contributed by atoms with E-state index in [0.29, 0.717) is 18.5 Å². The van der Waals surface area contributed by atoms with Crippen LogP contribution in [0.1, 0.15) is 41.5 Å². The number of nitrogens with one attached hydrogen (secondary N) is 1. The molecule has 29 heavy (non-hydrogen) atoms. The Morgan fingerprint density at radius 1 is 1.17 bits per heavy atom. The van der Waals surface area contributed by atoms with E-state index in [4.69, 9.17) is 0 Å². The van der Waals surface area contributed by atoms with Gasteiger partial charge in [0.1, 0.15) is 11.5 Å². The number of hydrogen-bond acceptors (Lipinski definition) is 3. The monoisotopic (exact) mass is 391 g/mol. The van der Waals surface area contributed by atoms with Gasteiger partial charge in [-0.05, 0) is 42.3 Å². The van der Waals surface area contributed by atoms with Gasteiger partial charge < -0.3 is 9.72 Å². The van der Waals surface area contributed by atoms with Gasteiger partial charge in [0, 0.05) is 25.4 Å². The zero-order chi connectivity index (χ0) is 20.4. The highest BCUT2D eigenvalue weighted by Crippen LogP contribution is 2.23. The number of imidazole rings is 1. The number of fused-ring (bicyclic) bond motifs is 1. The number of halogens is 1. The van der Waals surface area contributed by atoms with E-state index in [1.807, 2.05) is 48.8 Å². The summed E-state index contributed by atoms with van der Waals surface area (Å²) in [4.78, 5) is 17.3. The number of benzene rings is 1. The van der Waals surface area contributed by atoms with Crippen molar-refractivity contribution in [3.8, 4) is 5.69 Å². The van der Waals surface area contributed by atoms with Crippen molar-refractivity contribution in [2.75, 3.05) is 6.54 Å². The van der Waals surface area contributed by atoms with Crippen molar-refractivity contribution in [3.05, 3.63) is 83.8 Å². The Balaban J connectivity index is 1.48. The Bertz CT molecular complexity index is 1110. The largest absolute Gasteiger partial charge is 0.352 e. The van der Waals surface area contributed by atoms with Crippen molar-refractivity contribution in [2.24, 2.45) is 0 Å². The zero-order valence-corrected chi connectivity index (χ0v) is 16.3. The topological polar surface area (TPSA) is 64.2 Å². The minimum atomic E-state index is -0.308. The van der Waals surface area contributed by atoms with E-state index in [1.165, 1.54) is 12.1 Å². The third kappa shape index (κ3) is 3.89. The molecule has 1 aromatic carbocycles. The second-order valence-electron chi connectivity index (χ2n) is 7.19. The van der Waals surface area contributed by atoms with Crippen molar-refractivity contribution in [1.29, 1.82) is 0 Å². The number of amides is 1. The maximum absolute atomic E-state index is 13.2. The maximum atomic E-state index is 13.2. The van der Waals surface area contributed by atoms with E-state index in [-0.39, 0.29) is 17.6 Å². The van der Waals surface area contributed by atoms with Crippen molar-refractivity contribution >= 4 is 11.6 Å². The molecule has 0 aliphatic carbocycles. The summed E-state index contributed by atoms with van der Waals surface area (Å²) in [6.45, 7) is 4.48. The molecule has 0 fully saturated rings. The summed E-state index contributed by atoms with van der Waals surface area (Å²) in [5.41, 5.74) is 3.85. The van der Waals surface area contributed by atoms with Gasteiger partial charge in [-0.2, -0.15) is 5.10 Å². The number of nitrogens with zero attached hydrogens (tertiary/aromatic N) is 4. The highest BCUT2D eigenvalue weighted by Gasteiger charge is 2.20. The van der Waals surface area contributed by atoms with Gasteiger partial charge >= 0.3 is 0 Å². The van der Waals surface area contributed by atoms with Gasteiger partial charge in [0.15, 0.2) is 0 Å². The average molecular weight is 391 g/mol. The van der Waals surface area contributed by atoms with Crippen LogP contribution in [0.2, 0.25) is 0 Å². The van der Waals surface area contributed by atoms with E-state index in [9.17, 15) is 9.18 Å². The Morgan fingerprint density at radius 3 is 2.69 bits per heavy atom. The molecule has 0 bridgehead atoms. The normalized spacial score (nSPS) is 11.3. The first kappa shape index (κ1) is 18.9. The summed E-state index contributed by atoms with van der Waals surface area (Å²) in [5, 5.41) is 7.33. The van der Waals surface area contributed by atoms with Crippen molar-refractivity contribution < 1.29 is 9.18 Å². The molecule has 4 aromatic rings. The molecule has 148 valence electrons. The zero-order valence-electron chi connectivity index (χ0n) is 16.3. The number of aromatic nitrogens is 4. The lowest BCUT2D eigenvalue weighted by Crippen LogP contribution is -2.26. The number of pyridine rings is 1. The van der Waals surface area contributed by atoms with Gasteiger partial charge in [-0.1, -0.05) is 19.9 Å². The first-order valence-electron chi connectivity index (χ1n) is 9.57. The number of rotatable bonds is 6. The van der Waals surface area contributed by atoms with Crippen molar-refractivity contribution in [3.63, 3.8) is 0 Å². The first-order valence-corrected chi connectivity index (χ1v) is 9.57. The molecule has 1 N–H and O–H groups in total. The minimum Gasteiger partial charge on any atom is -0.352 e. The number of carbonyl (C=O) groups excluding carboxylic acids is 1. The summed E-state index contributed by atoms with van der Waals surface area (Å²) in [6.07, 6.45) is 6.12. The van der Waals surface area contributed by atoms with E-state index >= 15 is 0 Å². The van der Waals surface area contributed by atoms with Crippen molar-refractivity contribution in [1.82, 2.24) is 24.5 Å². The van der Waals surface area contributed by atoms with Crippen LogP contribution in [0.15, 0.2) is 61.1 Å². The van der Waals surface area contributed by atoms with Gasteiger partial charge in [0.2, 0.25) is 0 Å². The van der Waals surface area contributed by atoms with E-state index < -0.39 is 0 Å². The van der Waals surface area contributed by atoms with Crippen LogP contribution in [-0.4, -0.2) is 31.6 Å². The summed E-state index contributed by atoms with van der Waals surface area (Å²) in [5.74, 6) is -0.413. The molecule has 1 amide bonds. The van der Waals surface area contributed by atoms with Crippen molar-refractivity contribution in [2.45, 2.75) is 26.2 Å². The minimum absolute atomic E-state index is 0.0711. The number of carbonyl (C=O) groups is 1. The van der Waals surface area contributed by atoms with Crippen LogP contribution >= 0.6 is 0 Å². The van der Waals surface area contributed by atoms with Crippen LogP contribution in [0.4, 0.5) is 4.39 Å². The summed E-state index contributed by atoms with van der Waals surface area (Å²) in [6, 6.07) is 11.9. The summed E-state index contributed by atoms with van der Waals surface area (Å²) in [7, 11) is 0. The molecule has 3 heterocycles. The lowest BCUT2D eigenvalue weighted by Gasteiger charge is -2.13. The second kappa shape index (κ2) is 7.87. The molecular weight excluding hydrogens is 369 g/mol. The first-order chi connectivity index (χ1) is 14.0. The van der Waals surface area contributed by atoms with Gasteiger partial charge in [-0.3, -0.25) is 4.79 Å².